The first-order valence-corrected chi connectivity index (χ1v) is 7.87. The summed E-state index contributed by atoms with van der Waals surface area (Å²) in [6.45, 7) is 4.37. The van der Waals surface area contributed by atoms with E-state index in [0.29, 0.717) is 19.4 Å². The van der Waals surface area contributed by atoms with Crippen LogP contribution in [-0.4, -0.2) is 31.3 Å². The van der Waals surface area contributed by atoms with Gasteiger partial charge in [0.1, 0.15) is 11.9 Å². The summed E-state index contributed by atoms with van der Waals surface area (Å²) in [5.41, 5.74) is -0.268. The van der Waals surface area contributed by atoms with Crippen molar-refractivity contribution in [2.45, 2.75) is 51.5 Å². The van der Waals surface area contributed by atoms with Gasteiger partial charge in [0.15, 0.2) is 0 Å². The first-order chi connectivity index (χ1) is 10.7. The second-order valence-electron chi connectivity index (χ2n) is 6.34. The van der Waals surface area contributed by atoms with Crippen LogP contribution in [0.25, 0.3) is 0 Å². The first kappa shape index (κ1) is 18.0. The topological polar surface area (TPSA) is 12.5 Å². The van der Waals surface area contributed by atoms with Crippen molar-refractivity contribution >= 4 is 0 Å². The maximum absolute atomic E-state index is 13.7. The number of piperidine rings is 1. The van der Waals surface area contributed by atoms with E-state index in [1.807, 2.05) is 0 Å². The van der Waals surface area contributed by atoms with Crippen LogP contribution in [0.15, 0.2) is 12.1 Å². The zero-order valence-electron chi connectivity index (χ0n) is 13.7. The molecule has 2 rings (SSSR count). The van der Waals surface area contributed by atoms with Crippen LogP contribution in [0.5, 0.6) is 5.75 Å². The molecule has 1 aromatic carbocycles. The van der Waals surface area contributed by atoms with E-state index in [2.05, 4.69) is 0 Å². The van der Waals surface area contributed by atoms with Crippen molar-refractivity contribution < 1.29 is 22.3 Å². The van der Waals surface area contributed by atoms with Gasteiger partial charge in [-0.3, -0.25) is 4.90 Å². The highest BCUT2D eigenvalue weighted by atomic mass is 19.4. The van der Waals surface area contributed by atoms with E-state index >= 15 is 0 Å². The van der Waals surface area contributed by atoms with Gasteiger partial charge >= 0.3 is 6.18 Å². The summed E-state index contributed by atoms with van der Waals surface area (Å²) in [6, 6.07) is 3.03. The van der Waals surface area contributed by atoms with Gasteiger partial charge < -0.3 is 4.74 Å². The second-order valence-corrected chi connectivity index (χ2v) is 6.34. The van der Waals surface area contributed by atoms with Crippen molar-refractivity contribution in [3.63, 3.8) is 0 Å². The lowest BCUT2D eigenvalue weighted by Crippen LogP contribution is -2.36. The highest BCUT2D eigenvalue weighted by Gasteiger charge is 2.38. The number of likely N-dealkylation sites (tertiary alicyclic amines) is 1. The van der Waals surface area contributed by atoms with Gasteiger partial charge in [-0.25, -0.2) is 4.39 Å². The van der Waals surface area contributed by atoms with Crippen LogP contribution in [0.2, 0.25) is 0 Å². The largest absolute Gasteiger partial charge is 0.496 e. The molecule has 23 heavy (non-hydrogen) atoms. The zero-order chi connectivity index (χ0) is 17.2. The Morgan fingerprint density at radius 3 is 2.52 bits per heavy atom. The number of ether oxygens (including phenoxy) is 1. The molecule has 0 bridgehead atoms. The van der Waals surface area contributed by atoms with E-state index in [-0.39, 0.29) is 35.9 Å². The average Bonchev–Trinajstić information content (AvgIpc) is 2.45. The Morgan fingerprint density at radius 2 is 2.00 bits per heavy atom. The molecule has 1 unspecified atom stereocenters. The number of rotatable bonds is 4. The molecular formula is C17H23F4NO. The van der Waals surface area contributed by atoms with Gasteiger partial charge in [0.2, 0.25) is 0 Å². The van der Waals surface area contributed by atoms with E-state index in [0.717, 1.165) is 0 Å². The van der Waals surface area contributed by atoms with Gasteiger partial charge in [0.05, 0.1) is 12.7 Å². The van der Waals surface area contributed by atoms with E-state index in [4.69, 9.17) is 4.74 Å². The molecular weight excluding hydrogens is 310 g/mol. The van der Waals surface area contributed by atoms with Crippen molar-refractivity contribution in [3.8, 4) is 5.75 Å². The van der Waals surface area contributed by atoms with Crippen molar-refractivity contribution in [2.75, 3.05) is 20.2 Å². The number of hydrogen-bond donors (Lipinski definition) is 0. The fraction of sp³-hybridized carbons (Fsp3) is 0.647. The highest BCUT2D eigenvalue weighted by Crippen LogP contribution is 2.42. The minimum Gasteiger partial charge on any atom is -0.496 e. The molecule has 1 heterocycles. The normalized spacial score (nSPS) is 20.1. The number of benzene rings is 1. The third-order valence-electron chi connectivity index (χ3n) is 4.21. The van der Waals surface area contributed by atoms with Crippen molar-refractivity contribution in [2.24, 2.45) is 0 Å². The lowest BCUT2D eigenvalue weighted by molar-refractivity contribution is -0.139. The summed E-state index contributed by atoms with van der Waals surface area (Å²) in [5.74, 6) is -0.0742. The summed E-state index contributed by atoms with van der Waals surface area (Å²) in [5, 5.41) is 0. The molecule has 1 atom stereocenters. The van der Waals surface area contributed by atoms with Gasteiger partial charge in [-0.1, -0.05) is 19.9 Å². The Kier molecular flexibility index (Phi) is 5.55. The van der Waals surface area contributed by atoms with Gasteiger partial charge in [-0.15, -0.1) is 0 Å². The first-order valence-electron chi connectivity index (χ1n) is 7.87. The highest BCUT2D eigenvalue weighted by molar-refractivity contribution is 5.48. The van der Waals surface area contributed by atoms with Crippen LogP contribution < -0.4 is 4.74 Å². The summed E-state index contributed by atoms with van der Waals surface area (Å²) >= 11 is 0. The number of methoxy groups -OCH3 is 1. The fourth-order valence-electron chi connectivity index (χ4n) is 3.25. The van der Waals surface area contributed by atoms with Gasteiger partial charge in [0, 0.05) is 18.7 Å². The number of alkyl halides is 4. The molecule has 0 spiro atoms. The van der Waals surface area contributed by atoms with Gasteiger partial charge in [-0.05, 0) is 36.9 Å². The van der Waals surface area contributed by atoms with Crippen molar-refractivity contribution in [1.82, 2.24) is 4.90 Å². The molecule has 1 aromatic rings. The fourth-order valence-corrected chi connectivity index (χ4v) is 3.25. The van der Waals surface area contributed by atoms with Crippen LogP contribution in [0.3, 0.4) is 0 Å². The summed E-state index contributed by atoms with van der Waals surface area (Å²) in [6.07, 6.45) is -4.26. The number of nitrogens with zero attached hydrogens (tertiary/aromatic N) is 1. The standard InChI is InChI=1S/C17H23F4NO/c1-11(2)15-14(23-3)7-6-12(16(15)17(19,20)21)9-22-8-4-5-13(18)10-22/h6-7,11,13H,4-5,8-10H2,1-3H3. The summed E-state index contributed by atoms with van der Waals surface area (Å²) in [7, 11) is 1.37. The van der Waals surface area contributed by atoms with E-state index in [1.54, 1.807) is 24.8 Å². The molecule has 6 heteroatoms. The third kappa shape index (κ3) is 4.16. The molecule has 0 aromatic heterocycles. The van der Waals surface area contributed by atoms with Crippen LogP contribution in [0, 0.1) is 0 Å². The van der Waals surface area contributed by atoms with Crippen LogP contribution in [-0.2, 0) is 12.7 Å². The smallest absolute Gasteiger partial charge is 0.417 e. The third-order valence-corrected chi connectivity index (χ3v) is 4.21. The Morgan fingerprint density at radius 1 is 1.30 bits per heavy atom. The summed E-state index contributed by atoms with van der Waals surface area (Å²) in [4.78, 5) is 1.76. The molecule has 1 saturated heterocycles. The van der Waals surface area contributed by atoms with E-state index in [1.165, 1.54) is 13.2 Å². The van der Waals surface area contributed by atoms with Crippen molar-refractivity contribution in [3.05, 3.63) is 28.8 Å². The Hall–Kier alpha value is -1.30. The molecule has 0 saturated carbocycles. The molecule has 0 radical (unpaired) electrons. The predicted octanol–water partition coefficient (Wildman–Crippen LogP) is 4.77. The van der Waals surface area contributed by atoms with Crippen molar-refractivity contribution in [1.29, 1.82) is 0 Å². The SMILES string of the molecule is COc1ccc(CN2CCCC(F)C2)c(C(F)(F)F)c1C(C)C. The van der Waals surface area contributed by atoms with Gasteiger partial charge in [0.25, 0.3) is 0 Å². The predicted molar refractivity (Wildman–Crippen MR) is 81.5 cm³/mol. The monoisotopic (exact) mass is 333 g/mol. The van der Waals surface area contributed by atoms with Crippen LogP contribution >= 0.6 is 0 Å². The summed E-state index contributed by atoms with van der Waals surface area (Å²) < 4.78 is 59.6. The zero-order valence-corrected chi connectivity index (χ0v) is 13.7. The lowest BCUT2D eigenvalue weighted by Gasteiger charge is -2.30. The molecule has 2 nitrogen and oxygen atoms in total. The molecule has 1 aliphatic heterocycles. The number of hydrogen-bond acceptors (Lipinski definition) is 2. The Balaban J connectivity index is 2.44. The molecule has 1 aliphatic rings. The second kappa shape index (κ2) is 7.07. The minimum absolute atomic E-state index is 0.110. The maximum atomic E-state index is 13.7. The van der Waals surface area contributed by atoms with E-state index < -0.39 is 17.9 Å². The Bertz CT molecular complexity index is 542. The lowest BCUT2D eigenvalue weighted by atomic mass is 9.91. The van der Waals surface area contributed by atoms with Gasteiger partial charge in [-0.2, -0.15) is 13.2 Å². The quantitative estimate of drug-likeness (QED) is 0.736. The minimum atomic E-state index is -4.46. The van der Waals surface area contributed by atoms with Crippen LogP contribution in [0.1, 0.15) is 49.3 Å². The molecule has 1 fully saturated rings. The maximum Gasteiger partial charge on any atom is 0.417 e. The number of halogens is 4. The van der Waals surface area contributed by atoms with E-state index in [9.17, 15) is 17.6 Å². The molecule has 0 N–H and O–H groups in total. The molecule has 130 valence electrons. The molecule has 0 aliphatic carbocycles. The molecule has 0 amide bonds. The van der Waals surface area contributed by atoms with Crippen LogP contribution in [0.4, 0.5) is 17.6 Å². The average molecular weight is 333 g/mol. The Labute approximate surface area is 134 Å².